The van der Waals surface area contributed by atoms with Gasteiger partial charge in [-0.2, -0.15) is 0 Å². The van der Waals surface area contributed by atoms with Gasteiger partial charge in [0.25, 0.3) is 0 Å². The number of halogens is 2. The molecule has 3 heteroatoms. The van der Waals surface area contributed by atoms with Gasteiger partial charge in [-0.05, 0) is 0 Å². The molecule has 0 fully saturated rings. The normalized spacial score (nSPS) is 17.5. The molecule has 0 bridgehead atoms. The van der Waals surface area contributed by atoms with Crippen LogP contribution in [0, 0.1) is 0 Å². The molecule has 0 heterocycles. The zero-order valence-corrected chi connectivity index (χ0v) is 8.76. The van der Waals surface area contributed by atoms with Gasteiger partial charge < -0.3 is 24.8 Å². The molecular formula is C8H8Cl2Pd. The summed E-state index contributed by atoms with van der Waals surface area (Å²) < 4.78 is 0. The van der Waals surface area contributed by atoms with Gasteiger partial charge in [0, 0.05) is 0 Å². The Bertz CT molecular complexity index is 113. The molecule has 0 aromatic rings. The fourth-order valence-electron chi connectivity index (χ4n) is 0.513. The van der Waals surface area contributed by atoms with Crippen LogP contribution in [-0.4, -0.2) is 0 Å². The summed E-state index contributed by atoms with van der Waals surface area (Å²) in [6, 6.07) is 0. The first-order chi connectivity index (χ1) is 4.00. The van der Waals surface area contributed by atoms with Crippen molar-refractivity contribution < 1.29 is 45.2 Å². The van der Waals surface area contributed by atoms with E-state index in [1.807, 2.05) is 48.6 Å². The van der Waals surface area contributed by atoms with Gasteiger partial charge in [-0.15, -0.1) is 0 Å². The molecule has 1 aliphatic rings. The van der Waals surface area contributed by atoms with Crippen molar-refractivity contribution in [2.24, 2.45) is 0 Å². The maximum Gasteiger partial charge on any atom is 2.00 e. The monoisotopic (exact) mass is 280 g/mol. The zero-order valence-electron chi connectivity index (χ0n) is 5.69. The van der Waals surface area contributed by atoms with Gasteiger partial charge in [-0.25, -0.2) is 0 Å². The van der Waals surface area contributed by atoms with E-state index in [1.165, 1.54) is 0 Å². The van der Waals surface area contributed by atoms with Gasteiger partial charge in [-0.3, -0.25) is 0 Å². The minimum absolute atomic E-state index is 0. The Hall–Kier alpha value is 0.202. The molecule has 0 amide bonds. The molecule has 0 saturated heterocycles. The number of hydrogen-bond donors (Lipinski definition) is 0. The molecule has 0 aromatic carbocycles. The van der Waals surface area contributed by atoms with Crippen LogP contribution in [0.25, 0.3) is 0 Å². The molecule has 0 unspecified atom stereocenters. The fraction of sp³-hybridized carbons (Fsp3) is 0. The predicted molar refractivity (Wildman–Crippen MR) is 36.6 cm³/mol. The minimum atomic E-state index is 0. The van der Waals surface area contributed by atoms with Gasteiger partial charge in [0.1, 0.15) is 0 Å². The predicted octanol–water partition coefficient (Wildman–Crippen LogP) is -3.77. The SMILES string of the molecule is C1=C/C=C\C=C/C=C1.[Cl-].[Cl-].[Pd+2]. The molecule has 64 valence electrons. The minimum Gasteiger partial charge on any atom is -1.00 e. The van der Waals surface area contributed by atoms with Crippen molar-refractivity contribution in [3.63, 3.8) is 0 Å². The maximum absolute atomic E-state index is 2.00. The quantitative estimate of drug-likeness (QED) is 0.400. The van der Waals surface area contributed by atoms with Gasteiger partial charge in [-0.1, -0.05) is 48.6 Å². The first kappa shape index (κ1) is 17.3. The van der Waals surface area contributed by atoms with Crippen LogP contribution in [-0.2, 0) is 20.4 Å². The van der Waals surface area contributed by atoms with Gasteiger partial charge in [0.15, 0.2) is 0 Å². The third-order valence-electron chi connectivity index (χ3n) is 0.889. The van der Waals surface area contributed by atoms with E-state index in [0.717, 1.165) is 0 Å². The summed E-state index contributed by atoms with van der Waals surface area (Å²) in [7, 11) is 0. The van der Waals surface area contributed by atoms with Crippen LogP contribution in [0.1, 0.15) is 0 Å². The van der Waals surface area contributed by atoms with Crippen molar-refractivity contribution in [1.29, 1.82) is 0 Å². The molecule has 11 heavy (non-hydrogen) atoms. The second kappa shape index (κ2) is 12.8. The van der Waals surface area contributed by atoms with Crippen LogP contribution in [0.5, 0.6) is 0 Å². The standard InChI is InChI=1S/C8H8.2ClH.Pd/c1-2-4-6-8-7-5-3-1;;;/h1-8H;2*1H;/q;;;+2/p-2/b2-1-,3-1?,4-2?,5-3-,6-4?,7-5?,8-6?,8-7?;;;. The van der Waals surface area contributed by atoms with Crippen LogP contribution in [0.3, 0.4) is 0 Å². The summed E-state index contributed by atoms with van der Waals surface area (Å²) in [5.41, 5.74) is 0. The fourth-order valence-corrected chi connectivity index (χ4v) is 0.513. The van der Waals surface area contributed by atoms with Crippen LogP contribution < -0.4 is 24.8 Å². The molecule has 0 saturated carbocycles. The average Bonchev–Trinajstić information content (AvgIpc) is 1.62. The van der Waals surface area contributed by atoms with Crippen LogP contribution >= 0.6 is 0 Å². The summed E-state index contributed by atoms with van der Waals surface area (Å²) in [5, 5.41) is 0. The van der Waals surface area contributed by atoms with E-state index in [4.69, 9.17) is 0 Å². The van der Waals surface area contributed by atoms with Crippen molar-refractivity contribution in [2.75, 3.05) is 0 Å². The summed E-state index contributed by atoms with van der Waals surface area (Å²) in [6.07, 6.45) is 16.0. The number of hydrogen-bond acceptors (Lipinski definition) is 0. The first-order valence-electron chi connectivity index (χ1n) is 2.67. The third-order valence-corrected chi connectivity index (χ3v) is 0.889. The van der Waals surface area contributed by atoms with Crippen LogP contribution in [0.15, 0.2) is 48.6 Å². The van der Waals surface area contributed by atoms with Crippen LogP contribution in [0.2, 0.25) is 0 Å². The maximum atomic E-state index is 2.00. The second-order valence-electron chi connectivity index (χ2n) is 1.54. The van der Waals surface area contributed by atoms with E-state index in [9.17, 15) is 0 Å². The van der Waals surface area contributed by atoms with Crippen molar-refractivity contribution in [2.45, 2.75) is 0 Å². The molecule has 0 spiro atoms. The Kier molecular flexibility index (Phi) is 20.2. The molecule has 1 rings (SSSR count). The summed E-state index contributed by atoms with van der Waals surface area (Å²) in [6.45, 7) is 0. The Morgan fingerprint density at radius 2 is 0.455 bits per heavy atom. The molecule has 0 aromatic heterocycles. The smallest absolute Gasteiger partial charge is 1.00 e. The zero-order chi connectivity index (χ0) is 5.66. The average molecular weight is 281 g/mol. The Labute approximate surface area is 93.6 Å². The Morgan fingerprint density at radius 1 is 0.364 bits per heavy atom. The molecule has 1 aliphatic carbocycles. The molecule has 0 nitrogen and oxygen atoms in total. The van der Waals surface area contributed by atoms with E-state index < -0.39 is 0 Å². The summed E-state index contributed by atoms with van der Waals surface area (Å²) in [4.78, 5) is 0. The van der Waals surface area contributed by atoms with Crippen molar-refractivity contribution in [3.05, 3.63) is 48.6 Å². The van der Waals surface area contributed by atoms with E-state index in [-0.39, 0.29) is 45.2 Å². The van der Waals surface area contributed by atoms with E-state index in [1.54, 1.807) is 0 Å². The molecule has 0 atom stereocenters. The van der Waals surface area contributed by atoms with Crippen molar-refractivity contribution in [1.82, 2.24) is 0 Å². The summed E-state index contributed by atoms with van der Waals surface area (Å²) >= 11 is 0. The summed E-state index contributed by atoms with van der Waals surface area (Å²) in [5.74, 6) is 0. The van der Waals surface area contributed by atoms with Crippen molar-refractivity contribution >= 4 is 0 Å². The van der Waals surface area contributed by atoms with Gasteiger partial charge in [0.05, 0.1) is 0 Å². The molecule has 0 N–H and O–H groups in total. The van der Waals surface area contributed by atoms with Gasteiger partial charge in [0.2, 0.25) is 0 Å². The number of allylic oxidation sites excluding steroid dienone is 8. The van der Waals surface area contributed by atoms with Gasteiger partial charge >= 0.3 is 20.4 Å². The van der Waals surface area contributed by atoms with Crippen LogP contribution in [0.4, 0.5) is 0 Å². The third kappa shape index (κ3) is 10.2. The van der Waals surface area contributed by atoms with E-state index in [0.29, 0.717) is 0 Å². The molecule has 0 aliphatic heterocycles. The number of rotatable bonds is 0. The first-order valence-corrected chi connectivity index (χ1v) is 2.67. The molecule has 0 radical (unpaired) electrons. The molecular weight excluding hydrogens is 273 g/mol. The Balaban J connectivity index is -0.000000213. The topological polar surface area (TPSA) is 0 Å². The Morgan fingerprint density at radius 3 is 0.545 bits per heavy atom. The van der Waals surface area contributed by atoms with E-state index >= 15 is 0 Å². The van der Waals surface area contributed by atoms with E-state index in [2.05, 4.69) is 0 Å². The largest absolute Gasteiger partial charge is 2.00 e. The van der Waals surface area contributed by atoms with Crippen molar-refractivity contribution in [3.8, 4) is 0 Å². The second-order valence-corrected chi connectivity index (χ2v) is 1.54.